The first kappa shape index (κ1) is 63.4. The number of ether oxygens (including phenoxy) is 3. The minimum absolute atomic E-state index is 0.0610. The summed E-state index contributed by atoms with van der Waals surface area (Å²) >= 11 is 0. The predicted molar refractivity (Wildman–Crippen MR) is 280 cm³/mol. The van der Waals surface area contributed by atoms with Crippen molar-refractivity contribution in [3.8, 4) is 0 Å². The van der Waals surface area contributed by atoms with Crippen molar-refractivity contribution in [2.75, 3.05) is 13.2 Å². The second-order valence-corrected chi connectivity index (χ2v) is 20.3. The quantitative estimate of drug-likeness (QED) is 0.0344. The predicted octanol–water partition coefficient (Wildman–Crippen LogP) is 19.5. The maximum absolute atomic E-state index is 12.8. The Labute approximate surface area is 406 Å². The van der Waals surface area contributed by atoms with Gasteiger partial charge in [-0.05, 0) is 19.3 Å². The highest BCUT2D eigenvalue weighted by molar-refractivity contribution is 5.71. The van der Waals surface area contributed by atoms with Crippen molar-refractivity contribution in [3.05, 3.63) is 0 Å². The summed E-state index contributed by atoms with van der Waals surface area (Å²) in [5.74, 6) is -0.832. The van der Waals surface area contributed by atoms with Gasteiger partial charge in [-0.25, -0.2) is 0 Å². The van der Waals surface area contributed by atoms with Crippen molar-refractivity contribution in [2.45, 2.75) is 348 Å². The Balaban J connectivity index is 4.24. The minimum Gasteiger partial charge on any atom is -0.462 e. The maximum atomic E-state index is 12.8. The molecule has 1 atom stereocenters. The fraction of sp³-hybridized carbons (Fsp3) is 0.949. The van der Waals surface area contributed by atoms with Gasteiger partial charge >= 0.3 is 17.9 Å². The van der Waals surface area contributed by atoms with E-state index >= 15 is 0 Å². The standard InChI is InChI=1S/C59H114O6/c1-4-7-10-13-16-19-22-25-27-28-29-30-31-33-34-37-40-43-46-49-52-58(61)64-55-56(54-63-57(60)51-48-45-42-39-36-24-21-18-15-12-9-6-3)65-59(62)53-50-47-44-41-38-35-32-26-23-20-17-14-11-8-5-2/h56H,4-55H2,1-3H3. The van der Waals surface area contributed by atoms with Gasteiger partial charge in [-0.1, -0.05) is 303 Å². The van der Waals surface area contributed by atoms with Crippen LogP contribution in [0.25, 0.3) is 0 Å². The van der Waals surface area contributed by atoms with E-state index in [0.717, 1.165) is 57.8 Å². The normalized spacial score (nSPS) is 11.9. The SMILES string of the molecule is CCCCCCCCCCCCCCCCCCCCCCC(=O)OCC(COC(=O)CCCCCCCCCCCCCC)OC(=O)CCCCCCCCCCCCCCCCC. The summed E-state index contributed by atoms with van der Waals surface area (Å²) in [7, 11) is 0. The molecule has 0 saturated carbocycles. The van der Waals surface area contributed by atoms with Crippen molar-refractivity contribution < 1.29 is 28.6 Å². The highest BCUT2D eigenvalue weighted by Crippen LogP contribution is 2.18. The van der Waals surface area contributed by atoms with E-state index in [1.54, 1.807) is 0 Å². The molecule has 65 heavy (non-hydrogen) atoms. The van der Waals surface area contributed by atoms with E-state index in [1.807, 2.05) is 0 Å². The van der Waals surface area contributed by atoms with Gasteiger partial charge in [-0.3, -0.25) is 14.4 Å². The van der Waals surface area contributed by atoms with Crippen LogP contribution in [0.15, 0.2) is 0 Å². The first-order chi connectivity index (χ1) is 32.0. The molecule has 0 saturated heterocycles. The summed E-state index contributed by atoms with van der Waals surface area (Å²) in [5.41, 5.74) is 0. The van der Waals surface area contributed by atoms with Crippen LogP contribution in [0.1, 0.15) is 342 Å². The molecule has 0 amide bonds. The maximum Gasteiger partial charge on any atom is 0.306 e. The van der Waals surface area contributed by atoms with Crippen LogP contribution in [0, 0.1) is 0 Å². The summed E-state index contributed by atoms with van der Waals surface area (Å²) < 4.78 is 16.9. The van der Waals surface area contributed by atoms with Crippen molar-refractivity contribution >= 4 is 17.9 Å². The van der Waals surface area contributed by atoms with E-state index in [0.29, 0.717) is 19.3 Å². The highest BCUT2D eigenvalue weighted by Gasteiger charge is 2.19. The Morgan fingerprint density at radius 1 is 0.246 bits per heavy atom. The zero-order chi connectivity index (χ0) is 47.2. The molecule has 0 aliphatic heterocycles. The second-order valence-electron chi connectivity index (χ2n) is 20.3. The van der Waals surface area contributed by atoms with Gasteiger partial charge < -0.3 is 14.2 Å². The molecule has 0 heterocycles. The van der Waals surface area contributed by atoms with E-state index in [2.05, 4.69) is 20.8 Å². The number of unbranched alkanes of at least 4 members (excludes halogenated alkanes) is 44. The lowest BCUT2D eigenvalue weighted by Crippen LogP contribution is -2.30. The average Bonchev–Trinajstić information content (AvgIpc) is 3.30. The molecule has 6 nitrogen and oxygen atoms in total. The van der Waals surface area contributed by atoms with Crippen LogP contribution in [-0.4, -0.2) is 37.2 Å². The van der Waals surface area contributed by atoms with Crippen molar-refractivity contribution in [3.63, 3.8) is 0 Å². The molecule has 0 aliphatic carbocycles. The van der Waals surface area contributed by atoms with E-state index < -0.39 is 6.10 Å². The van der Waals surface area contributed by atoms with Crippen molar-refractivity contribution in [1.82, 2.24) is 0 Å². The topological polar surface area (TPSA) is 78.9 Å². The van der Waals surface area contributed by atoms with E-state index in [9.17, 15) is 14.4 Å². The molecule has 386 valence electrons. The van der Waals surface area contributed by atoms with Gasteiger partial charge in [0, 0.05) is 19.3 Å². The molecular formula is C59H114O6. The smallest absolute Gasteiger partial charge is 0.306 e. The van der Waals surface area contributed by atoms with E-state index in [4.69, 9.17) is 14.2 Å². The lowest BCUT2D eigenvalue weighted by atomic mass is 10.0. The molecule has 6 heteroatoms. The Kier molecular flexibility index (Phi) is 53.7. The molecule has 0 bridgehead atoms. The van der Waals surface area contributed by atoms with Gasteiger partial charge in [0.15, 0.2) is 6.10 Å². The molecule has 0 aromatic carbocycles. The van der Waals surface area contributed by atoms with Crippen LogP contribution in [0.3, 0.4) is 0 Å². The fourth-order valence-corrected chi connectivity index (χ4v) is 9.15. The van der Waals surface area contributed by atoms with Gasteiger partial charge in [0.2, 0.25) is 0 Å². The third-order valence-corrected chi connectivity index (χ3v) is 13.6. The lowest BCUT2D eigenvalue weighted by molar-refractivity contribution is -0.167. The third-order valence-electron chi connectivity index (χ3n) is 13.6. The van der Waals surface area contributed by atoms with Crippen molar-refractivity contribution in [2.24, 2.45) is 0 Å². The van der Waals surface area contributed by atoms with E-state index in [1.165, 1.54) is 244 Å². The summed E-state index contributed by atoms with van der Waals surface area (Å²) in [6.07, 6.45) is 61.0. The van der Waals surface area contributed by atoms with Crippen LogP contribution in [0.2, 0.25) is 0 Å². The number of carbonyl (C=O) groups is 3. The number of hydrogen-bond donors (Lipinski definition) is 0. The molecular weight excluding hydrogens is 805 g/mol. The molecule has 0 rings (SSSR count). The summed E-state index contributed by atoms with van der Waals surface area (Å²) in [6.45, 7) is 6.71. The molecule has 0 aromatic heterocycles. The number of esters is 3. The molecule has 0 aliphatic rings. The molecule has 0 aromatic rings. The Morgan fingerprint density at radius 2 is 0.415 bits per heavy atom. The Morgan fingerprint density at radius 3 is 0.615 bits per heavy atom. The second kappa shape index (κ2) is 55.0. The largest absolute Gasteiger partial charge is 0.462 e. The summed E-state index contributed by atoms with van der Waals surface area (Å²) in [5, 5.41) is 0. The summed E-state index contributed by atoms with van der Waals surface area (Å²) in [4.78, 5) is 38.1. The number of carbonyl (C=O) groups excluding carboxylic acids is 3. The van der Waals surface area contributed by atoms with Gasteiger partial charge in [-0.2, -0.15) is 0 Å². The van der Waals surface area contributed by atoms with Crippen LogP contribution in [-0.2, 0) is 28.6 Å². The Bertz CT molecular complexity index is 967. The van der Waals surface area contributed by atoms with Crippen molar-refractivity contribution in [1.29, 1.82) is 0 Å². The van der Waals surface area contributed by atoms with Crippen LogP contribution in [0.4, 0.5) is 0 Å². The first-order valence-corrected chi connectivity index (χ1v) is 29.5. The zero-order valence-corrected chi connectivity index (χ0v) is 44.3. The first-order valence-electron chi connectivity index (χ1n) is 29.5. The zero-order valence-electron chi connectivity index (χ0n) is 44.3. The summed E-state index contributed by atoms with van der Waals surface area (Å²) in [6, 6.07) is 0. The van der Waals surface area contributed by atoms with Crippen LogP contribution < -0.4 is 0 Å². The van der Waals surface area contributed by atoms with Gasteiger partial charge in [0.1, 0.15) is 13.2 Å². The molecule has 1 unspecified atom stereocenters. The Hall–Kier alpha value is -1.59. The molecule has 0 spiro atoms. The van der Waals surface area contributed by atoms with Gasteiger partial charge in [-0.15, -0.1) is 0 Å². The van der Waals surface area contributed by atoms with Crippen LogP contribution >= 0.6 is 0 Å². The molecule has 0 fully saturated rings. The van der Waals surface area contributed by atoms with E-state index in [-0.39, 0.29) is 31.1 Å². The van der Waals surface area contributed by atoms with Crippen LogP contribution in [0.5, 0.6) is 0 Å². The molecule has 0 radical (unpaired) electrons. The lowest BCUT2D eigenvalue weighted by Gasteiger charge is -2.18. The number of hydrogen-bond acceptors (Lipinski definition) is 6. The van der Waals surface area contributed by atoms with Gasteiger partial charge in [0.05, 0.1) is 0 Å². The highest BCUT2D eigenvalue weighted by atomic mass is 16.6. The monoisotopic (exact) mass is 919 g/mol. The average molecular weight is 920 g/mol. The fourth-order valence-electron chi connectivity index (χ4n) is 9.15. The third kappa shape index (κ3) is 53.2. The minimum atomic E-state index is -0.761. The molecule has 0 N–H and O–H groups in total. The van der Waals surface area contributed by atoms with Gasteiger partial charge in [0.25, 0.3) is 0 Å². The number of rotatable bonds is 55.